The lowest BCUT2D eigenvalue weighted by Gasteiger charge is -2.20. The van der Waals surface area contributed by atoms with E-state index in [-0.39, 0.29) is 24.1 Å². The van der Waals surface area contributed by atoms with E-state index >= 15 is 0 Å². The third kappa shape index (κ3) is 6.49. The normalized spacial score (nSPS) is 16.4. The van der Waals surface area contributed by atoms with E-state index in [0.717, 1.165) is 28.9 Å². The lowest BCUT2D eigenvalue weighted by Crippen LogP contribution is -2.29. The predicted octanol–water partition coefficient (Wildman–Crippen LogP) is 6.77. The number of likely N-dealkylation sites (tertiary alicyclic amines) is 1. The SMILES string of the molecule is C/C=C(\C(=C/C)Oc1ccc(C2CCN(C(=O)c3ncccc3Cl)C2)c(CO)c1)C(C)C.CC. The Morgan fingerprint density at radius 3 is 2.59 bits per heavy atom. The maximum absolute atomic E-state index is 12.9. The molecule has 1 atom stereocenters. The zero-order valence-corrected chi connectivity index (χ0v) is 21.9. The Balaban J connectivity index is 0.00000199. The third-order valence-electron chi connectivity index (χ3n) is 5.87. The second kappa shape index (κ2) is 13.3. The number of carbonyl (C=O) groups excluding carboxylic acids is 1. The van der Waals surface area contributed by atoms with Gasteiger partial charge in [0.2, 0.25) is 0 Å². The van der Waals surface area contributed by atoms with Gasteiger partial charge < -0.3 is 14.7 Å². The Kier molecular flexibility index (Phi) is 10.8. The molecular weight excluding hydrogens is 448 g/mol. The fourth-order valence-electron chi connectivity index (χ4n) is 4.24. The number of aliphatic hydroxyl groups is 1. The molecule has 1 amide bonds. The molecule has 1 N–H and O–H groups in total. The Labute approximate surface area is 209 Å². The molecule has 184 valence electrons. The fraction of sp³-hybridized carbons (Fsp3) is 0.429. The van der Waals surface area contributed by atoms with Crippen molar-refractivity contribution in [1.29, 1.82) is 0 Å². The van der Waals surface area contributed by atoms with Crippen molar-refractivity contribution in [2.24, 2.45) is 5.92 Å². The second-order valence-electron chi connectivity index (χ2n) is 8.24. The predicted molar refractivity (Wildman–Crippen MR) is 139 cm³/mol. The molecular formula is C28H37ClN2O3. The van der Waals surface area contributed by atoms with Crippen LogP contribution >= 0.6 is 11.6 Å². The lowest BCUT2D eigenvalue weighted by molar-refractivity contribution is 0.0785. The van der Waals surface area contributed by atoms with E-state index in [9.17, 15) is 9.90 Å². The van der Waals surface area contributed by atoms with Gasteiger partial charge in [0, 0.05) is 25.2 Å². The Morgan fingerprint density at radius 1 is 1.26 bits per heavy atom. The van der Waals surface area contributed by atoms with Crippen molar-refractivity contribution >= 4 is 17.5 Å². The van der Waals surface area contributed by atoms with E-state index in [0.29, 0.717) is 29.8 Å². The number of hydrogen-bond donors (Lipinski definition) is 1. The number of aliphatic hydroxyl groups excluding tert-OH is 1. The van der Waals surface area contributed by atoms with Crippen molar-refractivity contribution in [3.8, 4) is 5.75 Å². The topological polar surface area (TPSA) is 62.7 Å². The molecule has 34 heavy (non-hydrogen) atoms. The van der Waals surface area contributed by atoms with Gasteiger partial charge in [-0.05, 0) is 73.2 Å². The monoisotopic (exact) mass is 484 g/mol. The quantitative estimate of drug-likeness (QED) is 0.348. The first-order valence-corrected chi connectivity index (χ1v) is 12.4. The number of aromatic nitrogens is 1. The zero-order valence-electron chi connectivity index (χ0n) is 21.1. The molecule has 1 saturated heterocycles. The van der Waals surface area contributed by atoms with Crippen LogP contribution in [0.1, 0.15) is 75.5 Å². The number of carbonyl (C=O) groups is 1. The fourth-order valence-corrected chi connectivity index (χ4v) is 4.45. The summed E-state index contributed by atoms with van der Waals surface area (Å²) in [5, 5.41) is 10.4. The van der Waals surface area contributed by atoms with Gasteiger partial charge in [-0.2, -0.15) is 0 Å². The highest BCUT2D eigenvalue weighted by atomic mass is 35.5. The van der Waals surface area contributed by atoms with E-state index in [2.05, 4.69) is 24.9 Å². The van der Waals surface area contributed by atoms with Crippen molar-refractivity contribution in [3.63, 3.8) is 0 Å². The maximum Gasteiger partial charge on any atom is 0.274 e. The van der Waals surface area contributed by atoms with Gasteiger partial charge in [-0.25, -0.2) is 4.98 Å². The smallest absolute Gasteiger partial charge is 0.274 e. The molecule has 2 heterocycles. The van der Waals surface area contributed by atoms with Crippen LogP contribution in [0.3, 0.4) is 0 Å². The number of pyridine rings is 1. The van der Waals surface area contributed by atoms with Crippen LogP contribution in [0.15, 0.2) is 60.0 Å². The van der Waals surface area contributed by atoms with Crippen molar-refractivity contribution in [3.05, 3.63) is 81.9 Å². The number of ether oxygens (including phenoxy) is 1. The Hall–Kier alpha value is -2.63. The average molecular weight is 485 g/mol. The van der Waals surface area contributed by atoms with Crippen molar-refractivity contribution in [1.82, 2.24) is 9.88 Å². The molecule has 1 aromatic carbocycles. The highest BCUT2D eigenvalue weighted by Gasteiger charge is 2.30. The first-order chi connectivity index (χ1) is 16.4. The van der Waals surface area contributed by atoms with Crippen LogP contribution in [0.25, 0.3) is 0 Å². The molecule has 0 saturated carbocycles. The van der Waals surface area contributed by atoms with Crippen LogP contribution in [0.2, 0.25) is 5.02 Å². The molecule has 0 radical (unpaired) electrons. The standard InChI is InChI=1S/C26H31ClN2O3.C2H6/c1-5-21(17(3)4)24(6-2)32-20-9-10-22(19(14-20)16-30)18-11-13-29(15-18)26(31)25-23(27)8-7-12-28-25;1-2/h5-10,12,14,17-18,30H,11,13,15-16H2,1-4H3;1-2H3/b21-5-,24-6+;. The molecule has 1 aromatic heterocycles. The number of allylic oxidation sites excluding steroid dienone is 3. The van der Waals surface area contributed by atoms with E-state index in [4.69, 9.17) is 16.3 Å². The van der Waals surface area contributed by atoms with Crippen LogP contribution in [0, 0.1) is 5.92 Å². The molecule has 6 heteroatoms. The number of halogens is 1. The van der Waals surface area contributed by atoms with Crippen LogP contribution < -0.4 is 4.74 Å². The molecule has 2 aromatic rings. The summed E-state index contributed by atoms with van der Waals surface area (Å²) in [6.45, 7) is 13.3. The lowest BCUT2D eigenvalue weighted by atomic mass is 9.93. The van der Waals surface area contributed by atoms with E-state index in [1.54, 1.807) is 23.2 Å². The summed E-state index contributed by atoms with van der Waals surface area (Å²) >= 11 is 6.16. The first kappa shape index (κ1) is 27.6. The van der Waals surface area contributed by atoms with Gasteiger partial charge in [0.15, 0.2) is 0 Å². The van der Waals surface area contributed by atoms with Gasteiger partial charge in [-0.1, -0.05) is 51.4 Å². The first-order valence-electron chi connectivity index (χ1n) is 12.0. The summed E-state index contributed by atoms with van der Waals surface area (Å²) in [6, 6.07) is 9.22. The Bertz CT molecular complexity index is 1030. The van der Waals surface area contributed by atoms with E-state index in [1.165, 1.54) is 0 Å². The van der Waals surface area contributed by atoms with E-state index < -0.39 is 0 Å². The Morgan fingerprint density at radius 2 is 2.00 bits per heavy atom. The minimum Gasteiger partial charge on any atom is -0.457 e. The number of amides is 1. The number of benzene rings is 1. The second-order valence-corrected chi connectivity index (χ2v) is 8.65. The largest absolute Gasteiger partial charge is 0.457 e. The van der Waals surface area contributed by atoms with E-state index in [1.807, 2.05) is 52.0 Å². The summed E-state index contributed by atoms with van der Waals surface area (Å²) in [5.74, 6) is 1.84. The molecule has 1 fully saturated rings. The highest BCUT2D eigenvalue weighted by Crippen LogP contribution is 2.34. The summed E-state index contributed by atoms with van der Waals surface area (Å²) in [6.07, 6.45) is 6.43. The van der Waals surface area contributed by atoms with Gasteiger partial charge in [0.1, 0.15) is 17.2 Å². The minimum atomic E-state index is -0.158. The molecule has 0 bridgehead atoms. The molecule has 5 nitrogen and oxygen atoms in total. The van der Waals surface area contributed by atoms with Crippen LogP contribution in [0.5, 0.6) is 5.75 Å². The minimum absolute atomic E-state index is 0.0884. The molecule has 0 aliphatic carbocycles. The highest BCUT2D eigenvalue weighted by molar-refractivity contribution is 6.33. The number of hydrogen-bond acceptors (Lipinski definition) is 4. The molecule has 0 spiro atoms. The van der Waals surface area contributed by atoms with Crippen LogP contribution in [-0.2, 0) is 6.61 Å². The summed E-state index contributed by atoms with van der Waals surface area (Å²) in [5.41, 5.74) is 3.28. The third-order valence-corrected chi connectivity index (χ3v) is 6.17. The molecule has 1 unspecified atom stereocenters. The summed E-state index contributed by atoms with van der Waals surface area (Å²) in [7, 11) is 0. The van der Waals surface area contributed by atoms with Crippen molar-refractivity contribution in [2.45, 2.75) is 60.5 Å². The van der Waals surface area contributed by atoms with Crippen molar-refractivity contribution in [2.75, 3.05) is 13.1 Å². The van der Waals surface area contributed by atoms with Gasteiger partial charge in [-0.15, -0.1) is 0 Å². The molecule has 1 aliphatic rings. The molecule has 1 aliphatic heterocycles. The maximum atomic E-state index is 12.9. The van der Waals surface area contributed by atoms with Crippen LogP contribution in [-0.4, -0.2) is 34.0 Å². The number of nitrogens with zero attached hydrogens (tertiary/aromatic N) is 2. The van der Waals surface area contributed by atoms with Gasteiger partial charge in [0.05, 0.1) is 11.6 Å². The molecule has 3 rings (SSSR count). The van der Waals surface area contributed by atoms with Gasteiger partial charge in [0.25, 0.3) is 5.91 Å². The number of rotatable bonds is 7. The zero-order chi connectivity index (χ0) is 25.3. The van der Waals surface area contributed by atoms with Crippen LogP contribution in [0.4, 0.5) is 0 Å². The summed E-state index contributed by atoms with van der Waals surface area (Å²) < 4.78 is 6.16. The van der Waals surface area contributed by atoms with Gasteiger partial charge in [-0.3, -0.25) is 4.79 Å². The van der Waals surface area contributed by atoms with Gasteiger partial charge >= 0.3 is 0 Å². The summed E-state index contributed by atoms with van der Waals surface area (Å²) in [4.78, 5) is 18.8. The van der Waals surface area contributed by atoms with Crippen molar-refractivity contribution < 1.29 is 14.6 Å². The average Bonchev–Trinajstić information content (AvgIpc) is 3.34.